The minimum absolute atomic E-state index is 0.0328. The van der Waals surface area contributed by atoms with E-state index >= 15 is 0 Å². The van der Waals surface area contributed by atoms with Gasteiger partial charge in [0.25, 0.3) is 0 Å². The molecule has 0 aromatic heterocycles. The maximum Gasteiger partial charge on any atom is 0.237 e. The van der Waals surface area contributed by atoms with Gasteiger partial charge >= 0.3 is 0 Å². The minimum atomic E-state index is -0.0328. The minimum Gasteiger partial charge on any atom is -0.352 e. The van der Waals surface area contributed by atoms with E-state index in [1.165, 1.54) is 0 Å². The first kappa shape index (κ1) is 14.8. The molecule has 2 fully saturated rings. The zero-order valence-electron chi connectivity index (χ0n) is 13.0. The van der Waals surface area contributed by atoms with Crippen LogP contribution in [0.2, 0.25) is 0 Å². The highest BCUT2D eigenvalue weighted by Gasteiger charge is 2.51. The van der Waals surface area contributed by atoms with E-state index in [9.17, 15) is 4.79 Å². The molecule has 4 atom stereocenters. The van der Waals surface area contributed by atoms with Crippen molar-refractivity contribution >= 4 is 5.91 Å². The van der Waals surface area contributed by atoms with Crippen LogP contribution >= 0.6 is 0 Å². The van der Waals surface area contributed by atoms with Crippen molar-refractivity contribution in [3.05, 3.63) is 0 Å². The Morgan fingerprint density at radius 1 is 1.42 bits per heavy atom. The van der Waals surface area contributed by atoms with Crippen molar-refractivity contribution in [1.29, 1.82) is 0 Å². The van der Waals surface area contributed by atoms with Crippen LogP contribution in [0, 0.1) is 11.8 Å². The first-order valence-corrected chi connectivity index (χ1v) is 7.65. The molecule has 0 spiro atoms. The number of hydrogen-bond donors (Lipinski definition) is 2. The summed E-state index contributed by atoms with van der Waals surface area (Å²) in [5, 5.41) is 6.60. The predicted molar refractivity (Wildman–Crippen MR) is 78.0 cm³/mol. The second kappa shape index (κ2) is 5.41. The van der Waals surface area contributed by atoms with Crippen molar-refractivity contribution in [2.45, 2.75) is 58.7 Å². The Morgan fingerprint density at radius 2 is 2.11 bits per heavy atom. The second-order valence-corrected chi connectivity index (χ2v) is 6.82. The highest BCUT2D eigenvalue weighted by Crippen LogP contribution is 2.41. The van der Waals surface area contributed by atoms with Crippen LogP contribution in [0.5, 0.6) is 0 Å². The highest BCUT2D eigenvalue weighted by molar-refractivity contribution is 5.81. The smallest absolute Gasteiger partial charge is 0.237 e. The molecule has 0 radical (unpaired) electrons. The topological polar surface area (TPSA) is 44.4 Å². The molecule has 0 bridgehead atoms. The number of carbonyl (C=O) groups excluding carboxylic acids is 1. The number of nitrogens with zero attached hydrogens (tertiary/aromatic N) is 1. The van der Waals surface area contributed by atoms with Crippen LogP contribution < -0.4 is 10.6 Å². The second-order valence-electron chi connectivity index (χ2n) is 6.82. The van der Waals surface area contributed by atoms with Crippen LogP contribution in [0.1, 0.15) is 41.0 Å². The molecule has 2 saturated heterocycles. The van der Waals surface area contributed by atoms with Gasteiger partial charge in [0.2, 0.25) is 5.91 Å². The Hall–Kier alpha value is -0.610. The first-order valence-electron chi connectivity index (χ1n) is 7.65. The Labute approximate surface area is 117 Å². The molecule has 2 aliphatic heterocycles. The van der Waals surface area contributed by atoms with Crippen molar-refractivity contribution < 1.29 is 4.79 Å². The van der Waals surface area contributed by atoms with E-state index in [1.54, 1.807) is 0 Å². The van der Waals surface area contributed by atoms with Crippen LogP contribution in [-0.2, 0) is 4.79 Å². The summed E-state index contributed by atoms with van der Waals surface area (Å²) in [6, 6.07) is 0.233. The lowest BCUT2D eigenvalue weighted by atomic mass is 9.84. The lowest BCUT2D eigenvalue weighted by molar-refractivity contribution is -0.128. The molecule has 0 aromatic carbocycles. The molecule has 2 N–H and O–H groups in total. The fraction of sp³-hybridized carbons (Fsp3) is 0.933. The first-order chi connectivity index (χ1) is 8.87. The third-order valence-electron chi connectivity index (χ3n) is 5.27. The molecule has 2 heterocycles. The summed E-state index contributed by atoms with van der Waals surface area (Å²) in [5.74, 6) is 1.55. The fourth-order valence-corrected chi connectivity index (χ4v) is 3.72. The van der Waals surface area contributed by atoms with E-state index in [1.807, 2.05) is 6.92 Å². The molecule has 0 aromatic rings. The summed E-state index contributed by atoms with van der Waals surface area (Å²) >= 11 is 0. The van der Waals surface area contributed by atoms with Crippen LogP contribution in [0.4, 0.5) is 0 Å². The summed E-state index contributed by atoms with van der Waals surface area (Å²) in [6.07, 6.45) is 0.983. The Morgan fingerprint density at radius 3 is 2.68 bits per heavy atom. The van der Waals surface area contributed by atoms with E-state index < -0.39 is 0 Å². The van der Waals surface area contributed by atoms with Gasteiger partial charge in [0.15, 0.2) is 0 Å². The van der Waals surface area contributed by atoms with E-state index in [2.05, 4.69) is 43.2 Å². The maximum absolute atomic E-state index is 12.3. The maximum atomic E-state index is 12.3. The summed E-state index contributed by atoms with van der Waals surface area (Å²) in [4.78, 5) is 14.7. The molecule has 0 aliphatic carbocycles. The molecule has 110 valence electrons. The molecule has 4 unspecified atom stereocenters. The molecule has 1 amide bonds. The monoisotopic (exact) mass is 267 g/mol. The van der Waals surface area contributed by atoms with E-state index in [4.69, 9.17) is 0 Å². The van der Waals surface area contributed by atoms with E-state index in [0.29, 0.717) is 11.8 Å². The molecular weight excluding hydrogens is 238 g/mol. The van der Waals surface area contributed by atoms with Gasteiger partial charge in [0, 0.05) is 24.7 Å². The van der Waals surface area contributed by atoms with Gasteiger partial charge in [-0.1, -0.05) is 6.92 Å². The van der Waals surface area contributed by atoms with Crippen LogP contribution in [0.15, 0.2) is 0 Å². The summed E-state index contributed by atoms with van der Waals surface area (Å²) in [6.45, 7) is 14.0. The SMILES string of the molecule is CCC(C)NC(=O)C(C)N1CC2CNCC2C1(C)C. The van der Waals surface area contributed by atoms with E-state index in [-0.39, 0.29) is 23.5 Å². The molecule has 4 nitrogen and oxygen atoms in total. The van der Waals surface area contributed by atoms with Gasteiger partial charge in [-0.15, -0.1) is 0 Å². The van der Waals surface area contributed by atoms with Crippen molar-refractivity contribution in [1.82, 2.24) is 15.5 Å². The number of hydrogen-bond acceptors (Lipinski definition) is 3. The highest BCUT2D eigenvalue weighted by atomic mass is 16.2. The van der Waals surface area contributed by atoms with Gasteiger partial charge in [-0.25, -0.2) is 0 Å². The van der Waals surface area contributed by atoms with Gasteiger partial charge in [-0.2, -0.15) is 0 Å². The summed E-state index contributed by atoms with van der Waals surface area (Å²) in [7, 11) is 0. The number of rotatable bonds is 4. The zero-order valence-corrected chi connectivity index (χ0v) is 13.0. The predicted octanol–water partition coefficient (Wildman–Crippen LogP) is 1.22. The lowest BCUT2D eigenvalue weighted by Crippen LogP contribution is -2.54. The lowest BCUT2D eigenvalue weighted by Gasteiger charge is -2.39. The average molecular weight is 267 g/mol. The molecule has 19 heavy (non-hydrogen) atoms. The van der Waals surface area contributed by atoms with Crippen LogP contribution in [-0.4, -0.2) is 48.1 Å². The normalized spacial score (nSPS) is 32.9. The Bertz CT molecular complexity index is 342. The zero-order chi connectivity index (χ0) is 14.2. The Balaban J connectivity index is 2.03. The molecule has 0 saturated carbocycles. The Kier molecular flexibility index (Phi) is 4.21. The third-order valence-corrected chi connectivity index (χ3v) is 5.27. The molecule has 2 rings (SSSR count). The van der Waals surface area contributed by atoms with Crippen molar-refractivity contribution in [3.63, 3.8) is 0 Å². The summed E-state index contributed by atoms with van der Waals surface area (Å²) in [5.41, 5.74) is 0.111. The number of amides is 1. The van der Waals surface area contributed by atoms with Crippen molar-refractivity contribution in [3.8, 4) is 0 Å². The number of fused-ring (bicyclic) bond motifs is 1. The van der Waals surface area contributed by atoms with Crippen LogP contribution in [0.3, 0.4) is 0 Å². The van der Waals surface area contributed by atoms with Gasteiger partial charge in [-0.05, 0) is 52.5 Å². The quantitative estimate of drug-likeness (QED) is 0.805. The number of nitrogens with one attached hydrogen (secondary N) is 2. The standard InChI is InChI=1S/C15H29N3O/c1-6-10(2)17-14(19)11(3)18-9-12-7-16-8-13(12)15(18,4)5/h10-13,16H,6-9H2,1-5H3,(H,17,19). The van der Waals surface area contributed by atoms with Gasteiger partial charge in [0.05, 0.1) is 6.04 Å². The van der Waals surface area contributed by atoms with Gasteiger partial charge in [0.1, 0.15) is 0 Å². The van der Waals surface area contributed by atoms with Gasteiger partial charge < -0.3 is 10.6 Å². The van der Waals surface area contributed by atoms with E-state index in [0.717, 1.165) is 26.1 Å². The van der Waals surface area contributed by atoms with Crippen molar-refractivity contribution in [2.75, 3.05) is 19.6 Å². The molecule has 4 heteroatoms. The van der Waals surface area contributed by atoms with Crippen molar-refractivity contribution in [2.24, 2.45) is 11.8 Å². The largest absolute Gasteiger partial charge is 0.352 e. The number of likely N-dealkylation sites (tertiary alicyclic amines) is 1. The summed E-state index contributed by atoms with van der Waals surface area (Å²) < 4.78 is 0. The third kappa shape index (κ3) is 2.65. The van der Waals surface area contributed by atoms with Crippen LogP contribution in [0.25, 0.3) is 0 Å². The molecular formula is C15H29N3O. The fourth-order valence-electron chi connectivity index (χ4n) is 3.72. The number of carbonyl (C=O) groups is 1. The van der Waals surface area contributed by atoms with Gasteiger partial charge in [-0.3, -0.25) is 9.69 Å². The average Bonchev–Trinajstić information content (AvgIpc) is 2.91. The molecule has 2 aliphatic rings.